The Kier molecular flexibility index (Phi) is 2.71. The third-order valence-electron chi connectivity index (χ3n) is 4.12. The van der Waals surface area contributed by atoms with Gasteiger partial charge in [-0.3, -0.25) is 0 Å². The summed E-state index contributed by atoms with van der Waals surface area (Å²) >= 11 is 0. The van der Waals surface area contributed by atoms with Crippen molar-refractivity contribution in [3.63, 3.8) is 0 Å². The lowest BCUT2D eigenvalue weighted by Gasteiger charge is -2.41. The van der Waals surface area contributed by atoms with Gasteiger partial charge in [0, 0.05) is 24.2 Å². The monoisotopic (exact) mass is 244 g/mol. The molecule has 0 amide bonds. The van der Waals surface area contributed by atoms with Crippen molar-refractivity contribution < 1.29 is 14.6 Å². The van der Waals surface area contributed by atoms with Crippen LogP contribution in [0.3, 0.4) is 0 Å². The summed E-state index contributed by atoms with van der Waals surface area (Å²) in [7, 11) is 0. The first-order valence-corrected chi connectivity index (χ1v) is 6.32. The maximum absolute atomic E-state index is 11.3. The minimum absolute atomic E-state index is 0.0304. The molecule has 1 aliphatic carbocycles. The number of carboxylic acids is 1. The molecule has 2 aliphatic rings. The van der Waals surface area contributed by atoms with E-state index in [-0.39, 0.29) is 5.41 Å². The molecule has 0 saturated carbocycles. The number of carboxylic acid groups (broad SMARTS) is 1. The van der Waals surface area contributed by atoms with Gasteiger partial charge in [-0.15, -0.1) is 0 Å². The van der Waals surface area contributed by atoms with Crippen molar-refractivity contribution in [3.8, 4) is 0 Å². The minimum atomic E-state index is -0.796. The summed E-state index contributed by atoms with van der Waals surface area (Å²) in [5.74, 6) is -0.796. The molecule has 0 unspecified atom stereocenters. The van der Waals surface area contributed by atoms with E-state index in [9.17, 15) is 9.90 Å². The van der Waals surface area contributed by atoms with E-state index in [2.05, 4.69) is 6.07 Å². The van der Waals surface area contributed by atoms with E-state index in [1.54, 1.807) is 0 Å². The maximum Gasteiger partial charge on any atom is 0.331 e. The van der Waals surface area contributed by atoms with Crippen LogP contribution in [0.2, 0.25) is 0 Å². The quantitative estimate of drug-likeness (QED) is 0.826. The number of ether oxygens (including phenoxy) is 1. The molecule has 3 heteroatoms. The van der Waals surface area contributed by atoms with Crippen LogP contribution in [0.1, 0.15) is 30.4 Å². The predicted octanol–water partition coefficient (Wildman–Crippen LogP) is 2.61. The maximum atomic E-state index is 11.3. The van der Waals surface area contributed by atoms with Gasteiger partial charge < -0.3 is 9.84 Å². The third-order valence-corrected chi connectivity index (χ3v) is 4.12. The van der Waals surface area contributed by atoms with Crippen molar-refractivity contribution in [2.45, 2.75) is 24.7 Å². The van der Waals surface area contributed by atoms with Crippen molar-refractivity contribution in [2.75, 3.05) is 13.2 Å². The van der Waals surface area contributed by atoms with Gasteiger partial charge in [-0.2, -0.15) is 0 Å². The first-order chi connectivity index (χ1) is 8.71. The molecular formula is C15H16O3. The fourth-order valence-corrected chi connectivity index (χ4v) is 3.15. The Morgan fingerprint density at radius 3 is 2.67 bits per heavy atom. The second-order valence-corrected chi connectivity index (χ2v) is 5.13. The first kappa shape index (κ1) is 11.5. The third kappa shape index (κ3) is 1.75. The van der Waals surface area contributed by atoms with E-state index in [0.29, 0.717) is 12.0 Å². The zero-order valence-corrected chi connectivity index (χ0v) is 10.2. The lowest BCUT2D eigenvalue weighted by molar-refractivity contribution is -0.133. The second kappa shape index (κ2) is 4.25. The van der Waals surface area contributed by atoms with E-state index in [1.807, 2.05) is 24.3 Å². The highest BCUT2D eigenvalue weighted by atomic mass is 16.5. The molecule has 1 aliphatic heterocycles. The van der Waals surface area contributed by atoms with Crippen molar-refractivity contribution in [3.05, 3.63) is 41.0 Å². The topological polar surface area (TPSA) is 46.5 Å². The van der Waals surface area contributed by atoms with Crippen LogP contribution in [0.25, 0.3) is 6.08 Å². The van der Waals surface area contributed by atoms with Crippen molar-refractivity contribution >= 4 is 12.0 Å². The van der Waals surface area contributed by atoms with Gasteiger partial charge in [0.15, 0.2) is 0 Å². The predicted molar refractivity (Wildman–Crippen MR) is 68.4 cm³/mol. The van der Waals surface area contributed by atoms with E-state index >= 15 is 0 Å². The van der Waals surface area contributed by atoms with Gasteiger partial charge in [-0.05, 0) is 36.5 Å². The molecule has 94 valence electrons. The summed E-state index contributed by atoms with van der Waals surface area (Å²) in [5, 5.41) is 9.28. The second-order valence-electron chi connectivity index (χ2n) is 5.13. The van der Waals surface area contributed by atoms with Crippen molar-refractivity contribution in [2.24, 2.45) is 0 Å². The van der Waals surface area contributed by atoms with Gasteiger partial charge in [-0.1, -0.05) is 24.3 Å². The molecule has 0 aromatic heterocycles. The molecule has 1 spiro atoms. The Labute approximate surface area is 106 Å². The number of aliphatic carboxylic acids is 1. The highest BCUT2D eigenvalue weighted by Gasteiger charge is 2.39. The van der Waals surface area contributed by atoms with Gasteiger partial charge in [0.2, 0.25) is 0 Å². The molecule has 1 fully saturated rings. The molecule has 3 nitrogen and oxygen atoms in total. The van der Waals surface area contributed by atoms with Gasteiger partial charge in [-0.25, -0.2) is 4.79 Å². The lowest BCUT2D eigenvalue weighted by Crippen LogP contribution is -2.37. The Hall–Kier alpha value is -1.61. The summed E-state index contributed by atoms with van der Waals surface area (Å²) in [4.78, 5) is 11.3. The summed E-state index contributed by atoms with van der Waals surface area (Å²) in [5.41, 5.74) is 2.84. The summed E-state index contributed by atoms with van der Waals surface area (Å²) in [6.07, 6.45) is 4.27. The summed E-state index contributed by atoms with van der Waals surface area (Å²) in [6.45, 7) is 1.45. The van der Waals surface area contributed by atoms with Crippen LogP contribution in [-0.2, 0) is 14.9 Å². The fourth-order valence-electron chi connectivity index (χ4n) is 3.15. The molecule has 3 rings (SSSR count). The lowest BCUT2D eigenvalue weighted by atomic mass is 9.66. The van der Waals surface area contributed by atoms with Crippen LogP contribution in [-0.4, -0.2) is 24.3 Å². The average Bonchev–Trinajstić information content (AvgIpc) is 2.40. The summed E-state index contributed by atoms with van der Waals surface area (Å²) < 4.78 is 5.44. The molecule has 0 bridgehead atoms. The Balaban J connectivity index is 2.11. The molecular weight excluding hydrogens is 228 g/mol. The van der Waals surface area contributed by atoms with Crippen molar-refractivity contribution in [1.29, 1.82) is 0 Å². The van der Waals surface area contributed by atoms with E-state index in [4.69, 9.17) is 4.74 Å². The molecule has 1 heterocycles. The average molecular weight is 244 g/mol. The Bertz CT molecular complexity index is 510. The number of hydrogen-bond donors (Lipinski definition) is 1. The minimum Gasteiger partial charge on any atom is -0.478 e. The molecule has 1 aromatic carbocycles. The van der Waals surface area contributed by atoms with Crippen LogP contribution < -0.4 is 0 Å². The molecule has 0 atom stereocenters. The van der Waals surface area contributed by atoms with Gasteiger partial charge >= 0.3 is 5.97 Å². The fraction of sp³-hybridized carbons (Fsp3) is 0.400. The first-order valence-electron chi connectivity index (χ1n) is 6.32. The van der Waals surface area contributed by atoms with Gasteiger partial charge in [0.25, 0.3) is 0 Å². The largest absolute Gasteiger partial charge is 0.478 e. The van der Waals surface area contributed by atoms with Crippen LogP contribution in [0, 0.1) is 0 Å². The van der Waals surface area contributed by atoms with Crippen LogP contribution in [0.5, 0.6) is 0 Å². The SMILES string of the molecule is O=C(O)C1=Cc2ccccc2C2(CCOCC2)C1. The van der Waals surface area contributed by atoms with E-state index < -0.39 is 5.97 Å². The smallest absolute Gasteiger partial charge is 0.331 e. The van der Waals surface area contributed by atoms with Crippen LogP contribution in [0.4, 0.5) is 0 Å². The Morgan fingerprint density at radius 2 is 1.94 bits per heavy atom. The standard InChI is InChI=1S/C15H16O3/c16-14(17)12-9-11-3-1-2-4-13(11)15(10-12)5-7-18-8-6-15/h1-4,9H,5-8,10H2,(H,16,17). The highest BCUT2D eigenvalue weighted by molar-refractivity contribution is 5.93. The van der Waals surface area contributed by atoms with Gasteiger partial charge in [0.05, 0.1) is 0 Å². The molecule has 0 radical (unpaired) electrons. The highest BCUT2D eigenvalue weighted by Crippen LogP contribution is 2.45. The molecule has 1 saturated heterocycles. The van der Waals surface area contributed by atoms with E-state index in [0.717, 1.165) is 31.6 Å². The zero-order valence-electron chi connectivity index (χ0n) is 10.2. The van der Waals surface area contributed by atoms with Gasteiger partial charge in [0.1, 0.15) is 0 Å². The number of benzene rings is 1. The van der Waals surface area contributed by atoms with Crippen LogP contribution >= 0.6 is 0 Å². The molecule has 1 aromatic rings. The zero-order chi connectivity index (χ0) is 12.6. The summed E-state index contributed by atoms with van der Waals surface area (Å²) in [6, 6.07) is 8.15. The normalized spacial score (nSPS) is 21.2. The number of carbonyl (C=O) groups is 1. The number of fused-ring (bicyclic) bond motifs is 2. The number of rotatable bonds is 1. The Morgan fingerprint density at radius 1 is 1.22 bits per heavy atom. The number of hydrogen-bond acceptors (Lipinski definition) is 2. The van der Waals surface area contributed by atoms with E-state index in [1.165, 1.54) is 5.56 Å². The van der Waals surface area contributed by atoms with Crippen molar-refractivity contribution in [1.82, 2.24) is 0 Å². The molecule has 1 N–H and O–H groups in total. The molecule has 18 heavy (non-hydrogen) atoms. The van der Waals surface area contributed by atoms with Crippen LogP contribution in [0.15, 0.2) is 29.8 Å².